The summed E-state index contributed by atoms with van der Waals surface area (Å²) in [6.07, 6.45) is 9.49. The van der Waals surface area contributed by atoms with Gasteiger partial charge in [0, 0.05) is 12.4 Å². The number of nitrogens with zero attached hydrogens (tertiary/aromatic N) is 1. The average Bonchev–Trinajstić information content (AvgIpc) is 2.38. The number of aromatic nitrogens is 1. The van der Waals surface area contributed by atoms with Crippen LogP contribution >= 0.6 is 0 Å². The summed E-state index contributed by atoms with van der Waals surface area (Å²) < 4.78 is 0. The van der Waals surface area contributed by atoms with Gasteiger partial charge in [-0.15, -0.1) is 0 Å². The van der Waals surface area contributed by atoms with E-state index in [-0.39, 0.29) is 6.10 Å². The van der Waals surface area contributed by atoms with Gasteiger partial charge in [0.25, 0.3) is 0 Å². The third-order valence-corrected chi connectivity index (χ3v) is 4.15. The molecule has 0 aromatic carbocycles. The van der Waals surface area contributed by atoms with Gasteiger partial charge >= 0.3 is 0 Å². The molecular formula is C15H23NO. The van der Waals surface area contributed by atoms with Crippen molar-refractivity contribution in [3.05, 3.63) is 29.6 Å². The zero-order chi connectivity index (χ0) is 12.3. The minimum Gasteiger partial charge on any atom is -0.388 e. The first-order valence-electron chi connectivity index (χ1n) is 6.80. The Bertz CT molecular complexity index is 356. The van der Waals surface area contributed by atoms with Crippen molar-refractivity contribution in [1.82, 2.24) is 4.98 Å². The van der Waals surface area contributed by atoms with E-state index in [4.69, 9.17) is 0 Å². The minimum absolute atomic E-state index is 0.319. The molecule has 0 bridgehead atoms. The molecule has 1 aromatic rings. The molecule has 2 nitrogen and oxygen atoms in total. The summed E-state index contributed by atoms with van der Waals surface area (Å²) in [5.74, 6) is 1.32. The van der Waals surface area contributed by atoms with Crippen molar-refractivity contribution in [3.63, 3.8) is 0 Å². The highest BCUT2D eigenvalue weighted by Gasteiger charge is 2.26. The lowest BCUT2D eigenvalue weighted by molar-refractivity contribution is 0.0726. The SMILES string of the molecule is CCC1CCC(C(O)c2cncc(C)c2)CC1. The van der Waals surface area contributed by atoms with Crippen LogP contribution in [0.2, 0.25) is 0 Å². The number of aryl methyl sites for hydroxylation is 1. The Morgan fingerprint density at radius 1 is 1.29 bits per heavy atom. The third kappa shape index (κ3) is 3.06. The van der Waals surface area contributed by atoms with Gasteiger partial charge in [-0.25, -0.2) is 0 Å². The number of pyridine rings is 1. The third-order valence-electron chi connectivity index (χ3n) is 4.15. The number of aliphatic hydroxyl groups is 1. The normalized spacial score (nSPS) is 26.8. The predicted molar refractivity (Wildman–Crippen MR) is 69.7 cm³/mol. The van der Waals surface area contributed by atoms with Crippen LogP contribution in [0.1, 0.15) is 56.3 Å². The average molecular weight is 233 g/mol. The lowest BCUT2D eigenvalue weighted by Crippen LogP contribution is -2.20. The Morgan fingerprint density at radius 3 is 2.59 bits per heavy atom. The van der Waals surface area contributed by atoms with Crippen molar-refractivity contribution >= 4 is 0 Å². The molecule has 0 radical (unpaired) electrons. The van der Waals surface area contributed by atoms with E-state index in [2.05, 4.69) is 18.0 Å². The lowest BCUT2D eigenvalue weighted by Gasteiger charge is -2.31. The van der Waals surface area contributed by atoms with Crippen molar-refractivity contribution < 1.29 is 5.11 Å². The fourth-order valence-electron chi connectivity index (χ4n) is 2.92. The lowest BCUT2D eigenvalue weighted by atomic mass is 9.77. The Hall–Kier alpha value is -0.890. The van der Waals surface area contributed by atoms with E-state index in [0.717, 1.165) is 29.9 Å². The van der Waals surface area contributed by atoms with Gasteiger partial charge in [-0.2, -0.15) is 0 Å². The number of hydrogen-bond acceptors (Lipinski definition) is 2. The summed E-state index contributed by atoms with van der Waals surface area (Å²) in [7, 11) is 0. The second-order valence-corrected chi connectivity index (χ2v) is 5.43. The Kier molecular flexibility index (Phi) is 4.16. The predicted octanol–water partition coefficient (Wildman–Crippen LogP) is 3.64. The number of aliphatic hydroxyl groups excluding tert-OH is 1. The van der Waals surface area contributed by atoms with Crippen LogP contribution in [0.4, 0.5) is 0 Å². The summed E-state index contributed by atoms with van der Waals surface area (Å²) in [4.78, 5) is 4.17. The molecule has 1 saturated carbocycles. The molecule has 0 aliphatic heterocycles. The molecule has 1 fully saturated rings. The van der Waals surface area contributed by atoms with Crippen molar-refractivity contribution in [2.75, 3.05) is 0 Å². The largest absolute Gasteiger partial charge is 0.388 e. The quantitative estimate of drug-likeness (QED) is 0.864. The van der Waals surface area contributed by atoms with E-state index in [0.29, 0.717) is 5.92 Å². The summed E-state index contributed by atoms with van der Waals surface area (Å²) >= 11 is 0. The van der Waals surface area contributed by atoms with E-state index in [9.17, 15) is 5.11 Å². The van der Waals surface area contributed by atoms with Crippen LogP contribution < -0.4 is 0 Å². The van der Waals surface area contributed by atoms with Crippen LogP contribution in [0.25, 0.3) is 0 Å². The van der Waals surface area contributed by atoms with Crippen LogP contribution in [-0.2, 0) is 0 Å². The molecule has 1 aromatic heterocycles. The maximum atomic E-state index is 10.4. The highest BCUT2D eigenvalue weighted by atomic mass is 16.3. The van der Waals surface area contributed by atoms with Gasteiger partial charge in [0.05, 0.1) is 6.10 Å². The van der Waals surface area contributed by atoms with Crippen molar-refractivity contribution in [2.24, 2.45) is 11.8 Å². The molecule has 1 heterocycles. The van der Waals surface area contributed by atoms with E-state index in [1.54, 1.807) is 0 Å². The van der Waals surface area contributed by atoms with Crippen molar-refractivity contribution in [3.8, 4) is 0 Å². The van der Waals surface area contributed by atoms with Gasteiger partial charge in [-0.05, 0) is 42.7 Å². The van der Waals surface area contributed by atoms with Crippen LogP contribution in [0.5, 0.6) is 0 Å². The van der Waals surface area contributed by atoms with Crippen LogP contribution in [0.3, 0.4) is 0 Å². The van der Waals surface area contributed by atoms with Crippen LogP contribution in [0, 0.1) is 18.8 Å². The summed E-state index contributed by atoms with van der Waals surface area (Å²) in [5, 5.41) is 10.4. The molecule has 2 heteroatoms. The second-order valence-electron chi connectivity index (χ2n) is 5.43. The number of rotatable bonds is 3. The van der Waals surface area contributed by atoms with Crippen LogP contribution in [0.15, 0.2) is 18.5 Å². The van der Waals surface area contributed by atoms with Crippen molar-refractivity contribution in [2.45, 2.75) is 52.1 Å². The molecule has 0 amide bonds. The van der Waals surface area contributed by atoms with E-state index in [1.165, 1.54) is 19.3 Å². The van der Waals surface area contributed by atoms with E-state index in [1.807, 2.05) is 19.3 Å². The summed E-state index contributed by atoms with van der Waals surface area (Å²) in [6, 6.07) is 2.06. The first kappa shape index (κ1) is 12.6. The van der Waals surface area contributed by atoms with E-state index < -0.39 is 0 Å². The van der Waals surface area contributed by atoms with Crippen molar-refractivity contribution in [1.29, 1.82) is 0 Å². The maximum absolute atomic E-state index is 10.4. The van der Waals surface area contributed by atoms with Gasteiger partial charge in [0.1, 0.15) is 0 Å². The molecular weight excluding hydrogens is 210 g/mol. The highest BCUT2D eigenvalue weighted by Crippen LogP contribution is 2.37. The van der Waals surface area contributed by atoms with Crippen LogP contribution in [-0.4, -0.2) is 10.1 Å². The molecule has 2 rings (SSSR count). The molecule has 94 valence electrons. The Morgan fingerprint density at radius 2 is 2.00 bits per heavy atom. The molecule has 1 aliphatic carbocycles. The smallest absolute Gasteiger partial charge is 0.0833 e. The monoisotopic (exact) mass is 233 g/mol. The fraction of sp³-hybridized carbons (Fsp3) is 0.667. The van der Waals surface area contributed by atoms with Gasteiger partial charge in [0.2, 0.25) is 0 Å². The molecule has 17 heavy (non-hydrogen) atoms. The summed E-state index contributed by atoms with van der Waals surface area (Å²) in [6.45, 7) is 4.29. The standard InChI is InChI=1S/C15H23NO/c1-3-12-4-6-13(7-5-12)15(17)14-8-11(2)9-16-10-14/h8-10,12-13,15,17H,3-7H2,1-2H3. The molecule has 1 aliphatic rings. The van der Waals surface area contributed by atoms with Gasteiger partial charge in [-0.1, -0.05) is 32.3 Å². The molecule has 1 N–H and O–H groups in total. The van der Waals surface area contributed by atoms with E-state index >= 15 is 0 Å². The Labute approximate surface area is 104 Å². The topological polar surface area (TPSA) is 33.1 Å². The maximum Gasteiger partial charge on any atom is 0.0833 e. The highest BCUT2D eigenvalue weighted by molar-refractivity contribution is 5.19. The first-order chi connectivity index (χ1) is 8.20. The molecule has 0 saturated heterocycles. The molecule has 1 unspecified atom stereocenters. The Balaban J connectivity index is 1.99. The number of hydrogen-bond donors (Lipinski definition) is 1. The van der Waals surface area contributed by atoms with Gasteiger partial charge < -0.3 is 5.11 Å². The summed E-state index contributed by atoms with van der Waals surface area (Å²) in [5.41, 5.74) is 2.12. The zero-order valence-electron chi connectivity index (χ0n) is 10.9. The zero-order valence-corrected chi connectivity index (χ0v) is 10.9. The van der Waals surface area contributed by atoms with Gasteiger partial charge in [-0.3, -0.25) is 4.98 Å². The first-order valence-corrected chi connectivity index (χ1v) is 6.80. The minimum atomic E-state index is -0.319. The fourth-order valence-corrected chi connectivity index (χ4v) is 2.92. The molecule has 1 atom stereocenters. The second kappa shape index (κ2) is 5.63. The van der Waals surface area contributed by atoms with Gasteiger partial charge in [0.15, 0.2) is 0 Å². The molecule has 0 spiro atoms.